The molecule has 0 atom stereocenters. The predicted octanol–water partition coefficient (Wildman–Crippen LogP) is 1.89. The number of rotatable bonds is 3. The maximum atomic E-state index is 4.14. The molecule has 0 bridgehead atoms. The van der Waals surface area contributed by atoms with E-state index in [-0.39, 0.29) is 0 Å². The average molecular weight is 167 g/mol. The standard InChI is InChI=1S/C9H17N3/c1-5-6-8-9(7(2)3)12(4)11-10-8/h7H,5-6H2,1-4H3. The first-order valence-electron chi connectivity index (χ1n) is 4.55. The Balaban J connectivity index is 2.95. The molecule has 0 saturated carbocycles. The van der Waals surface area contributed by atoms with Crippen LogP contribution in [0.5, 0.6) is 0 Å². The van der Waals surface area contributed by atoms with Crippen molar-refractivity contribution in [3.63, 3.8) is 0 Å². The van der Waals surface area contributed by atoms with Crippen molar-refractivity contribution in [2.75, 3.05) is 0 Å². The number of nitrogens with zero attached hydrogens (tertiary/aromatic N) is 3. The molecule has 1 aromatic rings. The molecule has 0 spiro atoms. The van der Waals surface area contributed by atoms with E-state index in [1.807, 2.05) is 11.7 Å². The fourth-order valence-electron chi connectivity index (χ4n) is 1.53. The Morgan fingerprint density at radius 1 is 1.42 bits per heavy atom. The zero-order chi connectivity index (χ0) is 9.14. The van der Waals surface area contributed by atoms with E-state index in [1.54, 1.807) is 0 Å². The van der Waals surface area contributed by atoms with Gasteiger partial charge in [0.1, 0.15) is 0 Å². The smallest absolute Gasteiger partial charge is 0.0861 e. The Morgan fingerprint density at radius 2 is 2.08 bits per heavy atom. The molecule has 1 aromatic heterocycles. The lowest BCUT2D eigenvalue weighted by Crippen LogP contribution is -2.02. The SMILES string of the molecule is CCCc1nnn(C)c1C(C)C. The lowest BCUT2D eigenvalue weighted by Gasteiger charge is -2.06. The number of hydrogen-bond acceptors (Lipinski definition) is 2. The minimum Gasteiger partial charge on any atom is -0.252 e. The first kappa shape index (κ1) is 9.23. The van der Waals surface area contributed by atoms with Crippen LogP contribution in [0, 0.1) is 0 Å². The van der Waals surface area contributed by atoms with Crippen molar-refractivity contribution in [3.05, 3.63) is 11.4 Å². The van der Waals surface area contributed by atoms with Crippen LogP contribution >= 0.6 is 0 Å². The predicted molar refractivity (Wildman–Crippen MR) is 49.1 cm³/mol. The van der Waals surface area contributed by atoms with Crippen molar-refractivity contribution in [1.82, 2.24) is 15.0 Å². The van der Waals surface area contributed by atoms with E-state index in [1.165, 1.54) is 5.69 Å². The summed E-state index contributed by atoms with van der Waals surface area (Å²) in [4.78, 5) is 0. The topological polar surface area (TPSA) is 30.7 Å². The van der Waals surface area contributed by atoms with Gasteiger partial charge in [-0.05, 0) is 12.3 Å². The molecule has 3 heteroatoms. The van der Waals surface area contributed by atoms with E-state index in [4.69, 9.17) is 0 Å². The number of aryl methyl sites for hydroxylation is 2. The third-order valence-corrected chi connectivity index (χ3v) is 1.98. The summed E-state index contributed by atoms with van der Waals surface area (Å²) in [6.07, 6.45) is 2.18. The normalized spacial score (nSPS) is 11.1. The molecule has 0 amide bonds. The molecule has 0 saturated heterocycles. The number of aromatic nitrogens is 3. The summed E-state index contributed by atoms with van der Waals surface area (Å²) in [5.41, 5.74) is 2.44. The molecule has 0 radical (unpaired) electrons. The van der Waals surface area contributed by atoms with Gasteiger partial charge in [0.2, 0.25) is 0 Å². The van der Waals surface area contributed by atoms with Gasteiger partial charge in [-0.15, -0.1) is 5.10 Å². The molecule has 0 aromatic carbocycles. The third-order valence-electron chi connectivity index (χ3n) is 1.98. The van der Waals surface area contributed by atoms with Crippen LogP contribution in [-0.4, -0.2) is 15.0 Å². The lowest BCUT2D eigenvalue weighted by atomic mass is 10.1. The van der Waals surface area contributed by atoms with Crippen molar-refractivity contribution < 1.29 is 0 Å². The first-order chi connectivity index (χ1) is 5.66. The van der Waals surface area contributed by atoms with Gasteiger partial charge in [0.15, 0.2) is 0 Å². The summed E-state index contributed by atoms with van der Waals surface area (Å²) in [5, 5.41) is 8.16. The lowest BCUT2D eigenvalue weighted by molar-refractivity contribution is 0.647. The second kappa shape index (κ2) is 3.70. The maximum absolute atomic E-state index is 4.14. The molecule has 0 fully saturated rings. The van der Waals surface area contributed by atoms with E-state index >= 15 is 0 Å². The van der Waals surface area contributed by atoms with Gasteiger partial charge in [-0.3, -0.25) is 4.68 Å². The van der Waals surface area contributed by atoms with Crippen LogP contribution in [0.4, 0.5) is 0 Å². The largest absolute Gasteiger partial charge is 0.252 e. The van der Waals surface area contributed by atoms with Gasteiger partial charge < -0.3 is 0 Å². The van der Waals surface area contributed by atoms with Crippen LogP contribution in [0.3, 0.4) is 0 Å². The van der Waals surface area contributed by atoms with Crippen molar-refractivity contribution in [1.29, 1.82) is 0 Å². The molecule has 3 nitrogen and oxygen atoms in total. The van der Waals surface area contributed by atoms with E-state index in [9.17, 15) is 0 Å². The molecule has 12 heavy (non-hydrogen) atoms. The molecule has 1 rings (SSSR count). The first-order valence-corrected chi connectivity index (χ1v) is 4.55. The van der Waals surface area contributed by atoms with E-state index < -0.39 is 0 Å². The van der Waals surface area contributed by atoms with Gasteiger partial charge in [-0.1, -0.05) is 32.4 Å². The molecule has 0 aliphatic carbocycles. The highest BCUT2D eigenvalue weighted by Gasteiger charge is 2.12. The highest BCUT2D eigenvalue weighted by atomic mass is 15.4. The minimum absolute atomic E-state index is 0.520. The maximum Gasteiger partial charge on any atom is 0.0861 e. The van der Waals surface area contributed by atoms with Gasteiger partial charge in [0.05, 0.1) is 11.4 Å². The van der Waals surface area contributed by atoms with Gasteiger partial charge in [-0.25, -0.2) is 0 Å². The van der Waals surface area contributed by atoms with Gasteiger partial charge in [0, 0.05) is 7.05 Å². The van der Waals surface area contributed by atoms with E-state index in [0.29, 0.717) is 5.92 Å². The summed E-state index contributed by atoms with van der Waals surface area (Å²) in [6.45, 7) is 6.52. The molecule has 0 N–H and O–H groups in total. The molecule has 1 heterocycles. The second-order valence-electron chi connectivity index (χ2n) is 3.45. The van der Waals surface area contributed by atoms with Gasteiger partial charge in [-0.2, -0.15) is 0 Å². The van der Waals surface area contributed by atoms with E-state index in [2.05, 4.69) is 31.1 Å². The zero-order valence-electron chi connectivity index (χ0n) is 8.33. The van der Waals surface area contributed by atoms with Gasteiger partial charge in [0.25, 0.3) is 0 Å². The van der Waals surface area contributed by atoms with Crippen molar-refractivity contribution >= 4 is 0 Å². The van der Waals surface area contributed by atoms with E-state index in [0.717, 1.165) is 18.5 Å². The van der Waals surface area contributed by atoms with Crippen LogP contribution in [0.15, 0.2) is 0 Å². The zero-order valence-corrected chi connectivity index (χ0v) is 8.33. The van der Waals surface area contributed by atoms with Crippen LogP contribution in [0.1, 0.15) is 44.5 Å². The second-order valence-corrected chi connectivity index (χ2v) is 3.45. The molecule has 0 aliphatic heterocycles. The fraction of sp³-hybridized carbons (Fsp3) is 0.778. The monoisotopic (exact) mass is 167 g/mol. The molecule has 0 unspecified atom stereocenters. The van der Waals surface area contributed by atoms with Crippen molar-refractivity contribution in [2.24, 2.45) is 7.05 Å². The van der Waals surface area contributed by atoms with Crippen molar-refractivity contribution in [3.8, 4) is 0 Å². The Kier molecular flexibility index (Phi) is 2.84. The Labute approximate surface area is 73.8 Å². The average Bonchev–Trinajstić information content (AvgIpc) is 2.32. The molecular weight excluding hydrogens is 150 g/mol. The summed E-state index contributed by atoms with van der Waals surface area (Å²) < 4.78 is 1.88. The molecule has 0 aliphatic rings. The van der Waals surface area contributed by atoms with Crippen LogP contribution in [0.2, 0.25) is 0 Å². The van der Waals surface area contributed by atoms with Crippen LogP contribution < -0.4 is 0 Å². The highest BCUT2D eigenvalue weighted by Crippen LogP contribution is 2.17. The Bertz CT molecular complexity index is 250. The number of hydrogen-bond donors (Lipinski definition) is 0. The summed E-state index contributed by atoms with van der Waals surface area (Å²) in [5.74, 6) is 0.520. The molecular formula is C9H17N3. The minimum atomic E-state index is 0.520. The molecule has 68 valence electrons. The van der Waals surface area contributed by atoms with Crippen molar-refractivity contribution in [2.45, 2.75) is 39.5 Å². The van der Waals surface area contributed by atoms with Crippen LogP contribution in [0.25, 0.3) is 0 Å². The summed E-state index contributed by atoms with van der Waals surface area (Å²) in [6, 6.07) is 0. The third kappa shape index (κ3) is 1.65. The Hall–Kier alpha value is -0.860. The Morgan fingerprint density at radius 3 is 2.58 bits per heavy atom. The fourth-order valence-corrected chi connectivity index (χ4v) is 1.53. The highest BCUT2D eigenvalue weighted by molar-refractivity contribution is 5.13. The summed E-state index contributed by atoms with van der Waals surface area (Å²) in [7, 11) is 1.96. The van der Waals surface area contributed by atoms with Crippen LogP contribution in [-0.2, 0) is 13.5 Å². The van der Waals surface area contributed by atoms with Gasteiger partial charge >= 0.3 is 0 Å². The summed E-state index contributed by atoms with van der Waals surface area (Å²) >= 11 is 0. The quantitative estimate of drug-likeness (QED) is 0.688.